The number of aromatic nitrogens is 1. The van der Waals surface area contributed by atoms with Gasteiger partial charge in [-0.3, -0.25) is 14.5 Å². The van der Waals surface area contributed by atoms with Gasteiger partial charge < -0.3 is 15.2 Å². The average Bonchev–Trinajstić information content (AvgIpc) is 3.25. The number of nitrogens with two attached hydrogens (primary N) is 1. The third-order valence-electron chi connectivity index (χ3n) is 6.00. The minimum absolute atomic E-state index is 0.0968. The molecule has 1 fully saturated rings. The Bertz CT molecular complexity index is 876. The van der Waals surface area contributed by atoms with Crippen LogP contribution in [0.2, 0.25) is 0 Å². The van der Waals surface area contributed by atoms with Crippen LogP contribution in [-0.4, -0.2) is 46.4 Å². The maximum absolute atomic E-state index is 13.0. The zero-order chi connectivity index (χ0) is 19.8. The number of aryl methyl sites for hydroxylation is 2. The van der Waals surface area contributed by atoms with E-state index in [1.807, 2.05) is 24.1 Å². The summed E-state index contributed by atoms with van der Waals surface area (Å²) in [7, 11) is 0. The molecule has 2 aromatic rings. The van der Waals surface area contributed by atoms with Crippen molar-refractivity contribution in [3.63, 3.8) is 0 Å². The lowest BCUT2D eigenvalue weighted by Crippen LogP contribution is -2.42. The van der Waals surface area contributed by atoms with E-state index in [9.17, 15) is 9.59 Å². The van der Waals surface area contributed by atoms with Crippen molar-refractivity contribution in [3.05, 3.63) is 38.4 Å². The molecule has 28 heavy (non-hydrogen) atoms. The fourth-order valence-electron chi connectivity index (χ4n) is 4.18. The summed E-state index contributed by atoms with van der Waals surface area (Å²) in [5.74, 6) is 0.626. The molecule has 0 spiro atoms. The van der Waals surface area contributed by atoms with Crippen molar-refractivity contribution < 1.29 is 14.1 Å². The maximum atomic E-state index is 13.0. The van der Waals surface area contributed by atoms with E-state index in [0.29, 0.717) is 25.9 Å². The molecule has 2 aliphatic heterocycles. The molecule has 150 valence electrons. The molecule has 2 N–H and O–H groups in total. The molecule has 2 aliphatic rings. The van der Waals surface area contributed by atoms with Crippen molar-refractivity contribution in [2.24, 2.45) is 11.7 Å². The predicted molar refractivity (Wildman–Crippen MR) is 106 cm³/mol. The predicted octanol–water partition coefficient (Wildman–Crippen LogP) is 2.25. The number of thiophene rings is 1. The van der Waals surface area contributed by atoms with Gasteiger partial charge in [-0.2, -0.15) is 0 Å². The van der Waals surface area contributed by atoms with Gasteiger partial charge in [0.15, 0.2) is 0 Å². The summed E-state index contributed by atoms with van der Waals surface area (Å²) in [4.78, 5) is 29.9. The summed E-state index contributed by atoms with van der Waals surface area (Å²) in [6.45, 7) is 7.73. The molecule has 7 nitrogen and oxygen atoms in total. The van der Waals surface area contributed by atoms with Gasteiger partial charge in [-0.25, -0.2) is 0 Å². The molecule has 2 amide bonds. The van der Waals surface area contributed by atoms with Crippen molar-refractivity contribution in [2.75, 3.05) is 19.6 Å². The summed E-state index contributed by atoms with van der Waals surface area (Å²) in [6.07, 6.45) is 2.21. The Kier molecular flexibility index (Phi) is 5.25. The Morgan fingerprint density at radius 1 is 1.29 bits per heavy atom. The van der Waals surface area contributed by atoms with Gasteiger partial charge in [0.2, 0.25) is 5.91 Å². The summed E-state index contributed by atoms with van der Waals surface area (Å²) < 4.78 is 5.28. The fourth-order valence-corrected chi connectivity index (χ4v) is 5.30. The third-order valence-corrected chi connectivity index (χ3v) is 7.02. The zero-order valence-corrected chi connectivity index (χ0v) is 17.2. The number of carbonyl (C=O) groups excluding carboxylic acids is 2. The molecule has 8 heteroatoms. The number of amides is 2. The molecule has 4 heterocycles. The van der Waals surface area contributed by atoms with Gasteiger partial charge in [0.05, 0.1) is 11.3 Å². The highest BCUT2D eigenvalue weighted by Crippen LogP contribution is 2.31. The van der Waals surface area contributed by atoms with E-state index in [2.05, 4.69) is 10.1 Å². The zero-order valence-electron chi connectivity index (χ0n) is 16.4. The van der Waals surface area contributed by atoms with Gasteiger partial charge in [-0.1, -0.05) is 5.16 Å². The molecule has 0 atom stereocenters. The number of fused-ring (bicyclic) bond motifs is 1. The van der Waals surface area contributed by atoms with Crippen LogP contribution in [0.25, 0.3) is 0 Å². The largest absolute Gasteiger partial charge is 0.369 e. The quantitative estimate of drug-likeness (QED) is 0.847. The van der Waals surface area contributed by atoms with Crippen molar-refractivity contribution >= 4 is 23.2 Å². The summed E-state index contributed by atoms with van der Waals surface area (Å²) >= 11 is 1.67. The van der Waals surface area contributed by atoms with Crippen LogP contribution >= 0.6 is 11.3 Å². The van der Waals surface area contributed by atoms with Crippen molar-refractivity contribution in [3.8, 4) is 0 Å². The summed E-state index contributed by atoms with van der Waals surface area (Å²) in [5, 5.41) is 6.05. The number of hydrogen-bond donors (Lipinski definition) is 1. The Hall–Kier alpha value is -2.19. The molecule has 0 saturated carbocycles. The lowest BCUT2D eigenvalue weighted by atomic mass is 9.95. The second-order valence-corrected chi connectivity index (χ2v) is 8.75. The lowest BCUT2D eigenvalue weighted by Gasteiger charge is -2.31. The Balaban J connectivity index is 1.42. The van der Waals surface area contributed by atoms with Crippen LogP contribution in [0.5, 0.6) is 0 Å². The van der Waals surface area contributed by atoms with E-state index in [1.54, 1.807) is 11.3 Å². The van der Waals surface area contributed by atoms with E-state index >= 15 is 0 Å². The second kappa shape index (κ2) is 7.67. The number of piperidine rings is 1. The molecule has 0 aromatic carbocycles. The lowest BCUT2D eigenvalue weighted by molar-refractivity contribution is -0.123. The van der Waals surface area contributed by atoms with Crippen LogP contribution < -0.4 is 5.73 Å². The Labute approximate surface area is 168 Å². The standard InChI is InChI=1S/C20H26N4O3S/c1-12-16(13(2)27-22-12)9-23-6-5-15-17(11-28-18(15)10-23)20(26)24-7-3-14(4-8-24)19(21)25/h11,14H,3-10H2,1-2H3,(H2,21,25). The van der Waals surface area contributed by atoms with Crippen molar-refractivity contribution in [1.82, 2.24) is 15.0 Å². The molecule has 2 aromatic heterocycles. The molecule has 0 unspecified atom stereocenters. The Morgan fingerprint density at radius 2 is 2.04 bits per heavy atom. The van der Waals surface area contributed by atoms with Gasteiger partial charge in [0.25, 0.3) is 5.91 Å². The van der Waals surface area contributed by atoms with E-state index < -0.39 is 0 Å². The van der Waals surface area contributed by atoms with Crippen molar-refractivity contribution in [2.45, 2.75) is 46.2 Å². The van der Waals surface area contributed by atoms with Crippen molar-refractivity contribution in [1.29, 1.82) is 0 Å². The highest BCUT2D eigenvalue weighted by Gasteiger charge is 2.30. The highest BCUT2D eigenvalue weighted by molar-refractivity contribution is 7.10. The minimum Gasteiger partial charge on any atom is -0.369 e. The first-order valence-electron chi connectivity index (χ1n) is 9.76. The van der Waals surface area contributed by atoms with Crippen LogP contribution in [-0.2, 0) is 24.3 Å². The summed E-state index contributed by atoms with van der Waals surface area (Å²) in [6, 6.07) is 0. The van der Waals surface area contributed by atoms with Crippen LogP contribution in [0.4, 0.5) is 0 Å². The van der Waals surface area contributed by atoms with Crippen LogP contribution in [0.15, 0.2) is 9.90 Å². The third kappa shape index (κ3) is 3.58. The molecular weight excluding hydrogens is 376 g/mol. The number of nitrogens with zero attached hydrogens (tertiary/aromatic N) is 3. The van der Waals surface area contributed by atoms with E-state index in [0.717, 1.165) is 48.6 Å². The number of primary amides is 1. The normalized spacial score (nSPS) is 18.3. The highest BCUT2D eigenvalue weighted by atomic mass is 32.1. The second-order valence-electron chi connectivity index (χ2n) is 7.78. The van der Waals surface area contributed by atoms with Gasteiger partial charge in [0.1, 0.15) is 5.76 Å². The van der Waals surface area contributed by atoms with E-state index in [4.69, 9.17) is 10.3 Å². The molecule has 1 saturated heterocycles. The smallest absolute Gasteiger partial charge is 0.254 e. The van der Waals surface area contributed by atoms with E-state index in [-0.39, 0.29) is 17.7 Å². The van der Waals surface area contributed by atoms with Crippen LogP contribution in [0.3, 0.4) is 0 Å². The maximum Gasteiger partial charge on any atom is 0.254 e. The average molecular weight is 403 g/mol. The summed E-state index contributed by atoms with van der Waals surface area (Å²) in [5.41, 5.74) is 9.55. The Morgan fingerprint density at radius 3 is 2.68 bits per heavy atom. The topological polar surface area (TPSA) is 92.7 Å². The first-order chi connectivity index (χ1) is 13.4. The molecule has 0 bridgehead atoms. The van der Waals surface area contributed by atoms with Crippen LogP contribution in [0.1, 0.15) is 50.7 Å². The first kappa shape index (κ1) is 19.1. The number of carbonyl (C=O) groups is 2. The number of likely N-dealkylation sites (tertiary alicyclic amines) is 1. The monoisotopic (exact) mass is 402 g/mol. The van der Waals surface area contributed by atoms with Gasteiger partial charge in [-0.05, 0) is 38.7 Å². The SMILES string of the molecule is Cc1noc(C)c1CN1CCc2c(C(=O)N3CCC(C(N)=O)CC3)csc2C1. The fraction of sp³-hybridized carbons (Fsp3) is 0.550. The van der Waals surface area contributed by atoms with Gasteiger partial charge >= 0.3 is 0 Å². The molecule has 0 aliphatic carbocycles. The first-order valence-corrected chi connectivity index (χ1v) is 10.6. The molecule has 0 radical (unpaired) electrons. The van der Waals surface area contributed by atoms with Gasteiger partial charge in [0, 0.05) is 54.5 Å². The van der Waals surface area contributed by atoms with Crippen LogP contribution in [0, 0.1) is 19.8 Å². The minimum atomic E-state index is -0.251. The van der Waals surface area contributed by atoms with E-state index in [1.165, 1.54) is 10.4 Å². The van der Waals surface area contributed by atoms with Gasteiger partial charge in [-0.15, -0.1) is 11.3 Å². The molecule has 4 rings (SSSR count). The number of hydrogen-bond acceptors (Lipinski definition) is 6. The molecular formula is C20H26N4O3S. The number of rotatable bonds is 4.